The summed E-state index contributed by atoms with van der Waals surface area (Å²) < 4.78 is 2.09. The van der Waals surface area contributed by atoms with Crippen LogP contribution in [-0.4, -0.2) is 10.3 Å². The largest absolute Gasteiger partial charge is 0.350 e. The highest BCUT2D eigenvalue weighted by Crippen LogP contribution is 2.21. The van der Waals surface area contributed by atoms with Gasteiger partial charge < -0.3 is 9.98 Å². The van der Waals surface area contributed by atoms with Crippen LogP contribution in [0.3, 0.4) is 0 Å². The Labute approximate surface area is 112 Å². The van der Waals surface area contributed by atoms with Crippen molar-refractivity contribution in [3.8, 4) is 0 Å². The van der Waals surface area contributed by atoms with Gasteiger partial charge in [-0.05, 0) is 11.6 Å². The van der Waals surface area contributed by atoms with Crippen LogP contribution in [0.2, 0.25) is 0 Å². The lowest BCUT2D eigenvalue weighted by molar-refractivity contribution is 0.967. The van der Waals surface area contributed by atoms with E-state index in [0.717, 1.165) is 10.9 Å². The number of rotatable bonds is 3. The summed E-state index contributed by atoms with van der Waals surface area (Å²) in [5.74, 6) is 0. The second-order valence-corrected chi connectivity index (χ2v) is 4.81. The van der Waals surface area contributed by atoms with Crippen LogP contribution in [0.25, 0.3) is 10.9 Å². The maximum absolute atomic E-state index is 8.35. The van der Waals surface area contributed by atoms with Crippen LogP contribution in [0.1, 0.15) is 11.1 Å². The highest BCUT2D eigenvalue weighted by molar-refractivity contribution is 6.10. The monoisotopic (exact) mass is 248 g/mol. The minimum Gasteiger partial charge on any atom is -0.350 e. The quantitative estimate of drug-likeness (QED) is 0.683. The van der Waals surface area contributed by atoms with Crippen molar-refractivity contribution >= 4 is 16.6 Å². The Morgan fingerprint density at radius 2 is 1.68 bits per heavy atom. The number of nitrogens with one attached hydrogen (secondary N) is 1. The van der Waals surface area contributed by atoms with E-state index in [4.69, 9.17) is 5.41 Å². The molecular weight excluding hydrogens is 232 g/mol. The normalized spacial score (nSPS) is 10.8. The third kappa shape index (κ3) is 2.17. The fourth-order valence-corrected chi connectivity index (χ4v) is 2.48. The lowest BCUT2D eigenvalue weighted by atomic mass is 10.0. The van der Waals surface area contributed by atoms with Crippen molar-refractivity contribution in [3.63, 3.8) is 0 Å². The summed E-state index contributed by atoms with van der Waals surface area (Å²) in [4.78, 5) is 0. The van der Waals surface area contributed by atoms with Gasteiger partial charge in [0.25, 0.3) is 0 Å². The van der Waals surface area contributed by atoms with Crippen LogP contribution in [-0.2, 0) is 13.5 Å². The van der Waals surface area contributed by atoms with Crippen LogP contribution in [0.5, 0.6) is 0 Å². The maximum Gasteiger partial charge on any atom is 0.0484 e. The summed E-state index contributed by atoms with van der Waals surface area (Å²) >= 11 is 0. The molecule has 0 fully saturated rings. The Morgan fingerprint density at radius 3 is 2.47 bits per heavy atom. The van der Waals surface area contributed by atoms with Gasteiger partial charge in [0.05, 0.1) is 0 Å². The summed E-state index contributed by atoms with van der Waals surface area (Å²) in [5, 5.41) is 9.51. The summed E-state index contributed by atoms with van der Waals surface area (Å²) in [6.07, 6.45) is 2.73. The fraction of sp³-hybridized carbons (Fsp3) is 0.118. The number of hydrogen-bond acceptors (Lipinski definition) is 1. The summed E-state index contributed by atoms with van der Waals surface area (Å²) in [7, 11) is 2.03. The molecule has 3 rings (SSSR count). The number of nitrogens with zero attached hydrogens (tertiary/aromatic N) is 1. The summed E-state index contributed by atoms with van der Waals surface area (Å²) in [5.41, 5.74) is 4.06. The molecule has 0 saturated heterocycles. The van der Waals surface area contributed by atoms with Crippen molar-refractivity contribution in [2.24, 2.45) is 7.05 Å². The first-order chi connectivity index (χ1) is 9.25. The minimum absolute atomic E-state index is 0.669. The highest BCUT2D eigenvalue weighted by atomic mass is 14.9. The van der Waals surface area contributed by atoms with E-state index in [1.807, 2.05) is 37.4 Å². The van der Waals surface area contributed by atoms with Gasteiger partial charge >= 0.3 is 0 Å². The standard InChI is InChI=1S/C17H16N2/c1-19-12-15(14-9-5-6-10-17(14)19)16(18)11-13-7-3-2-4-8-13/h2-10,12,18H,11H2,1H3. The predicted molar refractivity (Wildman–Crippen MR) is 79.9 cm³/mol. The van der Waals surface area contributed by atoms with E-state index in [-0.39, 0.29) is 0 Å². The molecule has 2 nitrogen and oxygen atoms in total. The molecule has 1 heterocycles. The second kappa shape index (κ2) is 4.73. The first kappa shape index (κ1) is 11.7. The van der Waals surface area contributed by atoms with Crippen molar-refractivity contribution in [1.29, 1.82) is 5.41 Å². The van der Waals surface area contributed by atoms with Gasteiger partial charge in [-0.15, -0.1) is 0 Å². The van der Waals surface area contributed by atoms with E-state index in [0.29, 0.717) is 12.1 Å². The second-order valence-electron chi connectivity index (χ2n) is 4.81. The molecule has 0 aliphatic carbocycles. The third-order valence-corrected chi connectivity index (χ3v) is 3.45. The average molecular weight is 248 g/mol. The smallest absolute Gasteiger partial charge is 0.0484 e. The van der Waals surface area contributed by atoms with E-state index < -0.39 is 0 Å². The number of aromatic nitrogens is 1. The van der Waals surface area contributed by atoms with Crippen LogP contribution < -0.4 is 0 Å². The first-order valence-electron chi connectivity index (χ1n) is 6.41. The van der Waals surface area contributed by atoms with E-state index in [1.165, 1.54) is 11.1 Å². The molecule has 1 N–H and O–H groups in total. The van der Waals surface area contributed by atoms with E-state index in [9.17, 15) is 0 Å². The molecule has 0 aliphatic heterocycles. The van der Waals surface area contributed by atoms with Crippen molar-refractivity contribution < 1.29 is 0 Å². The molecule has 2 aromatic carbocycles. The fourth-order valence-electron chi connectivity index (χ4n) is 2.48. The Morgan fingerprint density at radius 1 is 1.00 bits per heavy atom. The van der Waals surface area contributed by atoms with Crippen LogP contribution >= 0.6 is 0 Å². The van der Waals surface area contributed by atoms with Crippen LogP contribution in [0.15, 0.2) is 60.8 Å². The molecule has 0 bridgehead atoms. The van der Waals surface area contributed by atoms with Gasteiger partial charge in [0, 0.05) is 41.8 Å². The third-order valence-electron chi connectivity index (χ3n) is 3.45. The Kier molecular flexibility index (Phi) is 2.92. The predicted octanol–water partition coefficient (Wildman–Crippen LogP) is 3.79. The zero-order valence-electron chi connectivity index (χ0n) is 10.9. The number of fused-ring (bicyclic) bond motifs is 1. The molecule has 0 radical (unpaired) electrons. The van der Waals surface area contributed by atoms with Crippen molar-refractivity contribution in [3.05, 3.63) is 71.9 Å². The zero-order chi connectivity index (χ0) is 13.2. The molecule has 3 aromatic rings. The number of hydrogen-bond donors (Lipinski definition) is 1. The van der Waals surface area contributed by atoms with E-state index in [1.54, 1.807) is 0 Å². The molecule has 0 unspecified atom stereocenters. The lowest BCUT2D eigenvalue weighted by Crippen LogP contribution is -2.02. The number of benzene rings is 2. The lowest BCUT2D eigenvalue weighted by Gasteiger charge is -2.03. The average Bonchev–Trinajstić information content (AvgIpc) is 2.78. The molecule has 0 amide bonds. The van der Waals surface area contributed by atoms with Gasteiger partial charge in [0.2, 0.25) is 0 Å². The number of aryl methyl sites for hydroxylation is 1. The van der Waals surface area contributed by atoms with Crippen molar-refractivity contribution in [2.45, 2.75) is 6.42 Å². The molecule has 0 atom stereocenters. The Hall–Kier alpha value is -2.35. The van der Waals surface area contributed by atoms with Gasteiger partial charge in [-0.1, -0.05) is 48.5 Å². The highest BCUT2D eigenvalue weighted by Gasteiger charge is 2.10. The molecule has 19 heavy (non-hydrogen) atoms. The van der Waals surface area contributed by atoms with E-state index >= 15 is 0 Å². The SMILES string of the molecule is Cn1cc(C(=N)Cc2ccccc2)c2ccccc21. The van der Waals surface area contributed by atoms with Gasteiger partial charge in [-0.25, -0.2) is 0 Å². The summed E-state index contributed by atoms with van der Waals surface area (Å²) in [6.45, 7) is 0. The Balaban J connectivity index is 1.98. The van der Waals surface area contributed by atoms with Crippen molar-refractivity contribution in [1.82, 2.24) is 4.57 Å². The first-order valence-corrected chi connectivity index (χ1v) is 6.41. The molecule has 94 valence electrons. The van der Waals surface area contributed by atoms with E-state index in [2.05, 4.69) is 35.0 Å². The zero-order valence-corrected chi connectivity index (χ0v) is 10.9. The van der Waals surface area contributed by atoms with Crippen LogP contribution in [0, 0.1) is 5.41 Å². The van der Waals surface area contributed by atoms with Crippen molar-refractivity contribution in [2.75, 3.05) is 0 Å². The number of para-hydroxylation sites is 1. The molecule has 1 aromatic heterocycles. The molecule has 0 aliphatic rings. The van der Waals surface area contributed by atoms with Gasteiger partial charge in [0.1, 0.15) is 0 Å². The summed E-state index contributed by atoms with van der Waals surface area (Å²) in [6, 6.07) is 18.4. The molecule has 2 heteroatoms. The Bertz CT molecular complexity index is 723. The van der Waals surface area contributed by atoms with Gasteiger partial charge in [0.15, 0.2) is 0 Å². The molecule has 0 spiro atoms. The van der Waals surface area contributed by atoms with Gasteiger partial charge in [-0.2, -0.15) is 0 Å². The topological polar surface area (TPSA) is 28.8 Å². The molecular formula is C17H16N2. The van der Waals surface area contributed by atoms with Gasteiger partial charge in [-0.3, -0.25) is 0 Å². The maximum atomic E-state index is 8.35. The van der Waals surface area contributed by atoms with Crippen LogP contribution in [0.4, 0.5) is 0 Å². The molecule has 0 saturated carbocycles. The minimum atomic E-state index is 0.669.